The van der Waals surface area contributed by atoms with E-state index in [9.17, 15) is 0 Å². The van der Waals surface area contributed by atoms with Crippen LogP contribution in [0.1, 0.15) is 16.8 Å². The molecular weight excluding hydrogens is 212 g/mol. The van der Waals surface area contributed by atoms with Crippen LogP contribution in [0.4, 0.5) is 0 Å². The number of rotatable bonds is 1. The first-order chi connectivity index (χ1) is 8.28. The fourth-order valence-electron chi connectivity index (χ4n) is 2.21. The highest BCUT2D eigenvalue weighted by atomic mass is 15.3. The Hall–Kier alpha value is -2.12. The van der Waals surface area contributed by atoms with E-state index in [-0.39, 0.29) is 0 Å². The molecule has 0 amide bonds. The molecule has 3 rings (SSSR count). The van der Waals surface area contributed by atoms with Gasteiger partial charge in [0.05, 0.1) is 29.2 Å². The molecule has 0 atom stereocenters. The van der Waals surface area contributed by atoms with Gasteiger partial charge in [-0.15, -0.1) is 0 Å². The average Bonchev–Trinajstić information content (AvgIpc) is 2.88. The van der Waals surface area contributed by atoms with E-state index in [2.05, 4.69) is 23.1 Å². The summed E-state index contributed by atoms with van der Waals surface area (Å²) < 4.78 is 1.96. The van der Waals surface area contributed by atoms with Crippen molar-refractivity contribution < 1.29 is 0 Å². The van der Waals surface area contributed by atoms with Crippen LogP contribution in [0.2, 0.25) is 0 Å². The highest BCUT2D eigenvalue weighted by Crippen LogP contribution is 2.23. The van der Waals surface area contributed by atoms with Gasteiger partial charge in [-0.25, -0.2) is 4.68 Å². The molecule has 0 N–H and O–H groups in total. The van der Waals surface area contributed by atoms with Crippen LogP contribution in [0.5, 0.6) is 0 Å². The molecule has 17 heavy (non-hydrogen) atoms. The highest BCUT2D eigenvalue weighted by Gasteiger charge is 2.21. The lowest BCUT2D eigenvalue weighted by Crippen LogP contribution is -2.11. The second-order valence-corrected chi connectivity index (χ2v) is 4.36. The van der Waals surface area contributed by atoms with Gasteiger partial charge in [0, 0.05) is 18.7 Å². The van der Waals surface area contributed by atoms with Crippen molar-refractivity contribution in [3.8, 4) is 11.8 Å². The van der Waals surface area contributed by atoms with Crippen molar-refractivity contribution in [2.24, 2.45) is 0 Å². The lowest BCUT2D eigenvalue weighted by atomic mass is 10.2. The van der Waals surface area contributed by atoms with Gasteiger partial charge in [0.25, 0.3) is 0 Å². The predicted molar refractivity (Wildman–Crippen MR) is 63.5 cm³/mol. The molecule has 1 aromatic heterocycles. The van der Waals surface area contributed by atoms with Gasteiger partial charge in [-0.2, -0.15) is 10.4 Å². The van der Waals surface area contributed by atoms with Crippen molar-refractivity contribution in [3.63, 3.8) is 0 Å². The van der Waals surface area contributed by atoms with Gasteiger partial charge in [-0.3, -0.25) is 4.90 Å². The van der Waals surface area contributed by atoms with Crippen LogP contribution in [0.3, 0.4) is 0 Å². The molecule has 2 heterocycles. The third-order valence-electron chi connectivity index (χ3n) is 3.06. The Morgan fingerprint density at radius 3 is 2.71 bits per heavy atom. The monoisotopic (exact) mass is 224 g/mol. The molecule has 0 radical (unpaired) electrons. The Labute approximate surface area is 99.7 Å². The van der Waals surface area contributed by atoms with Gasteiger partial charge in [-0.05, 0) is 31.3 Å². The first-order valence-electron chi connectivity index (χ1n) is 5.53. The van der Waals surface area contributed by atoms with Crippen molar-refractivity contribution in [1.29, 1.82) is 5.26 Å². The lowest BCUT2D eigenvalue weighted by Gasteiger charge is -2.08. The van der Waals surface area contributed by atoms with E-state index in [1.165, 1.54) is 11.3 Å². The predicted octanol–water partition coefficient (Wildman–Crippen LogP) is 1.69. The quantitative estimate of drug-likeness (QED) is 0.740. The molecule has 0 saturated heterocycles. The fraction of sp³-hybridized carbons (Fsp3) is 0.231. The highest BCUT2D eigenvalue weighted by molar-refractivity contribution is 5.41. The Bertz CT molecular complexity index is 589. The molecule has 84 valence electrons. The topological polar surface area (TPSA) is 44.9 Å². The number of fused-ring (bicyclic) bond motifs is 1. The number of benzene rings is 1. The molecule has 0 aliphatic carbocycles. The summed E-state index contributed by atoms with van der Waals surface area (Å²) in [6, 6.07) is 9.63. The third kappa shape index (κ3) is 1.61. The number of nitriles is 1. The summed E-state index contributed by atoms with van der Waals surface area (Å²) >= 11 is 0. The van der Waals surface area contributed by atoms with Gasteiger partial charge < -0.3 is 0 Å². The van der Waals surface area contributed by atoms with Crippen molar-refractivity contribution in [2.45, 2.75) is 13.1 Å². The van der Waals surface area contributed by atoms with Crippen LogP contribution < -0.4 is 0 Å². The van der Waals surface area contributed by atoms with E-state index in [0.717, 1.165) is 18.8 Å². The Morgan fingerprint density at radius 1 is 1.24 bits per heavy atom. The zero-order valence-corrected chi connectivity index (χ0v) is 9.59. The summed E-state index contributed by atoms with van der Waals surface area (Å²) in [6.45, 7) is 1.89. The van der Waals surface area contributed by atoms with Crippen LogP contribution in [0.15, 0.2) is 30.5 Å². The lowest BCUT2D eigenvalue weighted by molar-refractivity contribution is 0.346. The van der Waals surface area contributed by atoms with Crippen molar-refractivity contribution in [1.82, 2.24) is 14.7 Å². The van der Waals surface area contributed by atoms with Crippen LogP contribution in [-0.2, 0) is 13.1 Å². The van der Waals surface area contributed by atoms with Crippen LogP contribution in [0, 0.1) is 11.3 Å². The summed E-state index contributed by atoms with van der Waals surface area (Å²) in [6.07, 6.45) is 1.93. The molecule has 1 aromatic carbocycles. The van der Waals surface area contributed by atoms with Crippen LogP contribution in [0.25, 0.3) is 5.69 Å². The molecular formula is C13H12N4. The molecule has 0 unspecified atom stereocenters. The fourth-order valence-corrected chi connectivity index (χ4v) is 2.21. The Balaban J connectivity index is 2.02. The summed E-state index contributed by atoms with van der Waals surface area (Å²) in [7, 11) is 2.10. The van der Waals surface area contributed by atoms with E-state index in [1.807, 2.05) is 35.1 Å². The molecule has 1 aliphatic rings. The first kappa shape index (κ1) is 10.1. The molecule has 2 aromatic rings. The third-order valence-corrected chi connectivity index (χ3v) is 3.06. The molecule has 4 nitrogen and oxygen atoms in total. The maximum Gasteiger partial charge on any atom is 0.0991 e. The zero-order valence-electron chi connectivity index (χ0n) is 9.59. The molecule has 1 aliphatic heterocycles. The smallest absolute Gasteiger partial charge is 0.0991 e. The summed E-state index contributed by atoms with van der Waals surface area (Å²) in [5, 5.41) is 13.2. The van der Waals surface area contributed by atoms with Gasteiger partial charge in [0.2, 0.25) is 0 Å². The molecule has 0 fully saturated rings. The minimum atomic E-state index is 0.676. The van der Waals surface area contributed by atoms with E-state index in [0.29, 0.717) is 5.56 Å². The minimum absolute atomic E-state index is 0.676. The Morgan fingerprint density at radius 2 is 2.00 bits per heavy atom. The number of nitrogens with zero attached hydrogens (tertiary/aromatic N) is 4. The average molecular weight is 224 g/mol. The van der Waals surface area contributed by atoms with Gasteiger partial charge in [0.15, 0.2) is 0 Å². The molecule has 4 heteroatoms. The number of aromatic nitrogens is 2. The molecule has 0 saturated carbocycles. The van der Waals surface area contributed by atoms with E-state index in [1.54, 1.807) is 0 Å². The number of hydrogen-bond acceptors (Lipinski definition) is 3. The summed E-state index contributed by atoms with van der Waals surface area (Å²) in [4.78, 5) is 2.26. The summed E-state index contributed by atoms with van der Waals surface area (Å²) in [5.74, 6) is 0. The van der Waals surface area contributed by atoms with Gasteiger partial charge >= 0.3 is 0 Å². The van der Waals surface area contributed by atoms with Crippen LogP contribution in [-0.4, -0.2) is 21.7 Å². The van der Waals surface area contributed by atoms with E-state index >= 15 is 0 Å². The zero-order chi connectivity index (χ0) is 11.8. The van der Waals surface area contributed by atoms with Crippen molar-refractivity contribution in [2.75, 3.05) is 7.05 Å². The van der Waals surface area contributed by atoms with Gasteiger partial charge in [-0.1, -0.05) is 0 Å². The SMILES string of the molecule is CN1Cc2cnn(-c3ccc(C#N)cc3)c2C1. The van der Waals surface area contributed by atoms with E-state index < -0.39 is 0 Å². The second kappa shape index (κ2) is 3.72. The maximum atomic E-state index is 8.77. The van der Waals surface area contributed by atoms with Crippen LogP contribution >= 0.6 is 0 Å². The Kier molecular flexibility index (Phi) is 2.20. The van der Waals surface area contributed by atoms with Crippen molar-refractivity contribution in [3.05, 3.63) is 47.3 Å². The standard InChI is InChI=1S/C13H12N4/c1-16-8-11-7-15-17(13(11)9-16)12-4-2-10(6-14)3-5-12/h2-5,7H,8-9H2,1H3. The summed E-state index contributed by atoms with van der Waals surface area (Å²) in [5.41, 5.74) is 4.23. The molecule has 0 spiro atoms. The van der Waals surface area contributed by atoms with Crippen molar-refractivity contribution >= 4 is 0 Å². The normalized spacial score (nSPS) is 14.6. The van der Waals surface area contributed by atoms with E-state index in [4.69, 9.17) is 5.26 Å². The molecule has 0 bridgehead atoms. The number of hydrogen-bond donors (Lipinski definition) is 0. The minimum Gasteiger partial charge on any atom is -0.296 e. The second-order valence-electron chi connectivity index (χ2n) is 4.36. The largest absolute Gasteiger partial charge is 0.296 e. The maximum absolute atomic E-state index is 8.77. The van der Waals surface area contributed by atoms with Gasteiger partial charge in [0.1, 0.15) is 0 Å². The first-order valence-corrected chi connectivity index (χ1v) is 5.53.